The summed E-state index contributed by atoms with van der Waals surface area (Å²) in [7, 11) is 0. The first-order valence-electron chi connectivity index (χ1n) is 5.92. The molecule has 0 bridgehead atoms. The number of hydrogen-bond acceptors (Lipinski definition) is 5. The topological polar surface area (TPSA) is 91.2 Å². The molecule has 100 valence electrons. The average Bonchev–Trinajstić information content (AvgIpc) is 2.77. The highest BCUT2D eigenvalue weighted by atomic mass is 32.1. The van der Waals surface area contributed by atoms with E-state index < -0.39 is 5.91 Å². The van der Waals surface area contributed by atoms with E-state index in [0.29, 0.717) is 34.2 Å². The smallest absolute Gasteiger partial charge is 0.249 e. The van der Waals surface area contributed by atoms with Crippen LogP contribution in [-0.4, -0.2) is 16.9 Å². The Bertz CT molecular complexity index is 595. The largest absolute Gasteiger partial charge is 0.477 e. The second-order valence-electron chi connectivity index (χ2n) is 3.99. The lowest BCUT2D eigenvalue weighted by molar-refractivity contribution is 0.100. The zero-order valence-corrected chi connectivity index (χ0v) is 11.4. The van der Waals surface area contributed by atoms with Gasteiger partial charge in [0.25, 0.3) is 0 Å². The van der Waals surface area contributed by atoms with Gasteiger partial charge in [-0.15, -0.1) is 0 Å². The lowest BCUT2D eigenvalue weighted by Crippen LogP contribution is -2.12. The number of rotatable bonds is 5. The number of nitrogens with zero attached hydrogens (tertiary/aromatic N) is 1. The summed E-state index contributed by atoms with van der Waals surface area (Å²) in [5.74, 6) is -0.0410. The van der Waals surface area contributed by atoms with E-state index in [0.717, 1.165) is 18.0 Å². The molecule has 0 saturated carbocycles. The Hall–Kier alpha value is -2.08. The Morgan fingerprint density at radius 1 is 1.42 bits per heavy atom. The molecular weight excluding hydrogens is 262 g/mol. The Kier molecular flexibility index (Phi) is 4.01. The Morgan fingerprint density at radius 3 is 2.84 bits per heavy atom. The van der Waals surface area contributed by atoms with Crippen LogP contribution in [-0.2, 0) is 0 Å². The quantitative estimate of drug-likeness (QED) is 0.877. The molecule has 1 aromatic carbocycles. The van der Waals surface area contributed by atoms with Gasteiger partial charge in [-0.2, -0.15) is 4.37 Å². The molecule has 0 fully saturated rings. The third-order valence-corrected chi connectivity index (χ3v) is 3.25. The SMILES string of the molecule is CCCOc1nsc(N)c1-c1ccccc1C(N)=O. The molecule has 0 radical (unpaired) electrons. The number of hydrogen-bond donors (Lipinski definition) is 2. The molecule has 6 heteroatoms. The molecule has 0 spiro atoms. The lowest BCUT2D eigenvalue weighted by Gasteiger charge is -2.08. The van der Waals surface area contributed by atoms with Crippen molar-refractivity contribution in [2.24, 2.45) is 5.73 Å². The van der Waals surface area contributed by atoms with Gasteiger partial charge in [-0.1, -0.05) is 25.1 Å². The van der Waals surface area contributed by atoms with Gasteiger partial charge in [-0.3, -0.25) is 4.79 Å². The molecule has 1 aromatic heterocycles. The van der Waals surface area contributed by atoms with Crippen molar-refractivity contribution in [3.63, 3.8) is 0 Å². The normalized spacial score (nSPS) is 10.4. The van der Waals surface area contributed by atoms with Gasteiger partial charge in [0.1, 0.15) is 5.00 Å². The maximum Gasteiger partial charge on any atom is 0.249 e. The van der Waals surface area contributed by atoms with E-state index in [1.165, 1.54) is 0 Å². The number of nitrogen functional groups attached to an aromatic ring is 1. The number of anilines is 1. The van der Waals surface area contributed by atoms with Crippen LogP contribution in [0, 0.1) is 0 Å². The fraction of sp³-hybridized carbons (Fsp3) is 0.231. The second-order valence-corrected chi connectivity index (χ2v) is 4.79. The van der Waals surface area contributed by atoms with Gasteiger partial charge in [-0.25, -0.2) is 0 Å². The van der Waals surface area contributed by atoms with Crippen molar-refractivity contribution in [1.29, 1.82) is 0 Å². The van der Waals surface area contributed by atoms with Crippen LogP contribution in [0.25, 0.3) is 11.1 Å². The molecule has 1 amide bonds. The van der Waals surface area contributed by atoms with Crippen molar-refractivity contribution < 1.29 is 9.53 Å². The highest BCUT2D eigenvalue weighted by molar-refractivity contribution is 7.10. The fourth-order valence-electron chi connectivity index (χ4n) is 1.75. The maximum absolute atomic E-state index is 11.5. The molecule has 2 rings (SSSR count). The van der Waals surface area contributed by atoms with Crippen LogP contribution in [0.2, 0.25) is 0 Å². The first kappa shape index (κ1) is 13.4. The summed E-state index contributed by atoms with van der Waals surface area (Å²) in [5.41, 5.74) is 13.0. The van der Waals surface area contributed by atoms with Crippen molar-refractivity contribution >= 4 is 22.4 Å². The minimum absolute atomic E-state index is 0.413. The van der Waals surface area contributed by atoms with Crippen molar-refractivity contribution in [3.05, 3.63) is 29.8 Å². The Balaban J connectivity index is 2.52. The van der Waals surface area contributed by atoms with E-state index in [1.807, 2.05) is 13.0 Å². The molecule has 0 saturated heterocycles. The summed E-state index contributed by atoms with van der Waals surface area (Å²) < 4.78 is 9.74. The minimum atomic E-state index is -0.498. The molecule has 0 atom stereocenters. The first-order chi connectivity index (χ1) is 9.15. The standard InChI is InChI=1S/C13H15N3O2S/c1-2-7-18-13-10(12(15)19-16-13)8-5-3-4-6-9(8)11(14)17/h3-6H,2,7,15H2,1H3,(H2,14,17). The maximum atomic E-state index is 11.5. The number of ether oxygens (including phenoxy) is 1. The van der Waals surface area contributed by atoms with Gasteiger partial charge < -0.3 is 16.2 Å². The van der Waals surface area contributed by atoms with Crippen molar-refractivity contribution in [2.45, 2.75) is 13.3 Å². The number of primary amides is 1. The zero-order valence-electron chi connectivity index (χ0n) is 10.6. The van der Waals surface area contributed by atoms with E-state index in [4.69, 9.17) is 16.2 Å². The third kappa shape index (κ3) is 2.68. The monoisotopic (exact) mass is 277 g/mol. The summed E-state index contributed by atoms with van der Waals surface area (Å²) in [6.45, 7) is 2.56. The van der Waals surface area contributed by atoms with E-state index in [9.17, 15) is 4.79 Å². The molecule has 19 heavy (non-hydrogen) atoms. The molecule has 0 unspecified atom stereocenters. The predicted octanol–water partition coefficient (Wildman–Crippen LogP) is 2.28. The molecule has 5 nitrogen and oxygen atoms in total. The van der Waals surface area contributed by atoms with Crippen LogP contribution in [0.4, 0.5) is 5.00 Å². The number of amides is 1. The summed E-state index contributed by atoms with van der Waals surface area (Å²) in [6.07, 6.45) is 0.869. The molecule has 0 aliphatic carbocycles. The Morgan fingerprint density at radius 2 is 2.16 bits per heavy atom. The van der Waals surface area contributed by atoms with Gasteiger partial charge in [0.2, 0.25) is 11.8 Å². The van der Waals surface area contributed by atoms with E-state index in [2.05, 4.69) is 4.37 Å². The molecule has 1 heterocycles. The molecule has 0 aliphatic rings. The van der Waals surface area contributed by atoms with Crippen LogP contribution < -0.4 is 16.2 Å². The van der Waals surface area contributed by atoms with E-state index >= 15 is 0 Å². The Labute approximate surface area is 115 Å². The van der Waals surface area contributed by atoms with E-state index in [1.54, 1.807) is 18.2 Å². The average molecular weight is 277 g/mol. The summed E-state index contributed by atoms with van der Waals surface area (Å²) in [4.78, 5) is 11.5. The van der Waals surface area contributed by atoms with Crippen molar-refractivity contribution in [1.82, 2.24) is 4.37 Å². The van der Waals surface area contributed by atoms with Crippen molar-refractivity contribution in [3.8, 4) is 17.0 Å². The van der Waals surface area contributed by atoms with Gasteiger partial charge in [0.05, 0.1) is 12.2 Å². The van der Waals surface area contributed by atoms with Crippen LogP contribution in [0.5, 0.6) is 5.88 Å². The fourth-order valence-corrected chi connectivity index (χ4v) is 2.36. The lowest BCUT2D eigenvalue weighted by atomic mass is 10.0. The molecule has 2 aromatic rings. The zero-order chi connectivity index (χ0) is 13.8. The van der Waals surface area contributed by atoms with Crippen LogP contribution in [0.3, 0.4) is 0 Å². The molecule has 0 aliphatic heterocycles. The number of carbonyl (C=O) groups excluding carboxylic acids is 1. The third-order valence-electron chi connectivity index (χ3n) is 2.59. The minimum Gasteiger partial charge on any atom is -0.477 e. The highest BCUT2D eigenvalue weighted by Gasteiger charge is 2.19. The number of aromatic nitrogens is 1. The van der Waals surface area contributed by atoms with Gasteiger partial charge in [-0.05, 0) is 24.0 Å². The molecule has 4 N–H and O–H groups in total. The second kappa shape index (κ2) is 5.71. The van der Waals surface area contributed by atoms with Gasteiger partial charge in [0.15, 0.2) is 0 Å². The van der Waals surface area contributed by atoms with E-state index in [-0.39, 0.29) is 0 Å². The van der Waals surface area contributed by atoms with Crippen LogP contribution in [0.1, 0.15) is 23.7 Å². The summed E-state index contributed by atoms with van der Waals surface area (Å²) in [5, 5.41) is 0.514. The molecular formula is C13H15N3O2S. The van der Waals surface area contributed by atoms with Crippen LogP contribution in [0.15, 0.2) is 24.3 Å². The predicted molar refractivity (Wildman–Crippen MR) is 76.3 cm³/mol. The first-order valence-corrected chi connectivity index (χ1v) is 6.69. The van der Waals surface area contributed by atoms with Crippen LogP contribution >= 0.6 is 11.5 Å². The summed E-state index contributed by atoms with van der Waals surface area (Å²) >= 11 is 1.15. The highest BCUT2D eigenvalue weighted by Crippen LogP contribution is 2.39. The van der Waals surface area contributed by atoms with Gasteiger partial charge in [0, 0.05) is 11.1 Å². The summed E-state index contributed by atoms with van der Waals surface area (Å²) in [6, 6.07) is 7.03. The number of carbonyl (C=O) groups is 1. The van der Waals surface area contributed by atoms with Gasteiger partial charge >= 0.3 is 0 Å². The number of nitrogens with two attached hydrogens (primary N) is 2. The number of benzene rings is 1. The van der Waals surface area contributed by atoms with Crippen molar-refractivity contribution in [2.75, 3.05) is 12.3 Å².